The van der Waals surface area contributed by atoms with Gasteiger partial charge in [-0.1, -0.05) is 30.3 Å². The van der Waals surface area contributed by atoms with Gasteiger partial charge >= 0.3 is 0 Å². The molecule has 1 aromatic rings. The molecule has 24 heavy (non-hydrogen) atoms. The van der Waals surface area contributed by atoms with E-state index in [1.807, 2.05) is 30.3 Å². The molecule has 1 aromatic carbocycles. The molecule has 2 amide bonds. The highest BCUT2D eigenvalue weighted by Gasteiger charge is 2.30. The maximum atomic E-state index is 12.2. The Labute approximate surface area is 150 Å². The van der Waals surface area contributed by atoms with Crippen LogP contribution < -0.4 is 5.32 Å². The van der Waals surface area contributed by atoms with Crippen molar-refractivity contribution in [2.45, 2.75) is 23.7 Å². The average Bonchev–Trinajstić information content (AvgIpc) is 3.27. The van der Waals surface area contributed by atoms with Crippen LogP contribution in [0.5, 0.6) is 0 Å². The molecule has 0 unspecified atom stereocenters. The lowest BCUT2D eigenvalue weighted by atomic mass is 10.2. The Morgan fingerprint density at radius 1 is 1.21 bits per heavy atom. The zero-order valence-corrected chi connectivity index (χ0v) is 15.1. The Bertz CT molecular complexity index is 564. The van der Waals surface area contributed by atoms with Gasteiger partial charge in [-0.25, -0.2) is 0 Å². The van der Waals surface area contributed by atoms with Crippen molar-refractivity contribution in [3.8, 4) is 0 Å². The Hall–Kier alpha value is -1.18. The number of carbonyl (C=O) groups is 2. The summed E-state index contributed by atoms with van der Waals surface area (Å²) in [4.78, 5) is 26.1. The van der Waals surface area contributed by atoms with Crippen molar-refractivity contribution in [2.75, 3.05) is 31.2 Å². The number of likely N-dealkylation sites (tertiary alicyclic amines) is 1. The highest BCUT2D eigenvalue weighted by atomic mass is 32.2. The lowest BCUT2D eigenvalue weighted by Gasteiger charge is -2.18. The van der Waals surface area contributed by atoms with Crippen molar-refractivity contribution in [1.82, 2.24) is 10.2 Å². The number of nitrogens with zero attached hydrogens (tertiary/aromatic N) is 1. The maximum absolute atomic E-state index is 12.2. The number of hydrogen-bond donors (Lipinski definition) is 1. The minimum Gasteiger partial charge on any atom is -0.367 e. The third-order valence-corrected chi connectivity index (χ3v) is 7.05. The summed E-state index contributed by atoms with van der Waals surface area (Å²) in [6, 6.07) is 9.88. The number of amides is 2. The van der Waals surface area contributed by atoms with Gasteiger partial charge in [0.1, 0.15) is 11.2 Å². The number of ether oxygens (including phenoxy) is 1. The molecule has 1 N–H and O–H groups in total. The summed E-state index contributed by atoms with van der Waals surface area (Å²) in [5.74, 6) is 2.17. The van der Waals surface area contributed by atoms with E-state index >= 15 is 0 Å². The van der Waals surface area contributed by atoms with E-state index in [1.54, 1.807) is 28.4 Å². The van der Waals surface area contributed by atoms with Crippen molar-refractivity contribution in [3.63, 3.8) is 0 Å². The van der Waals surface area contributed by atoms with Crippen LogP contribution >= 0.6 is 23.5 Å². The van der Waals surface area contributed by atoms with Crippen LogP contribution in [0.4, 0.5) is 0 Å². The second-order valence-electron chi connectivity index (χ2n) is 5.89. The lowest BCUT2D eigenvalue weighted by Crippen LogP contribution is -2.41. The summed E-state index contributed by atoms with van der Waals surface area (Å²) in [5, 5.41) is 3.07. The molecule has 0 aliphatic carbocycles. The SMILES string of the molecule is O=C(N[C@H]1CCN(C(=O)COCc2ccccc2)C1)C1SCCS1. The topological polar surface area (TPSA) is 58.6 Å². The zero-order valence-electron chi connectivity index (χ0n) is 13.5. The van der Waals surface area contributed by atoms with E-state index in [1.165, 1.54) is 0 Å². The Balaban J connectivity index is 1.37. The largest absolute Gasteiger partial charge is 0.367 e. The van der Waals surface area contributed by atoms with Gasteiger partial charge in [0.05, 0.1) is 6.61 Å². The van der Waals surface area contributed by atoms with E-state index in [2.05, 4.69) is 5.32 Å². The summed E-state index contributed by atoms with van der Waals surface area (Å²) >= 11 is 3.40. The van der Waals surface area contributed by atoms with Crippen LogP contribution in [0.3, 0.4) is 0 Å². The van der Waals surface area contributed by atoms with Gasteiger partial charge in [0, 0.05) is 30.6 Å². The quantitative estimate of drug-likeness (QED) is 0.831. The first-order chi connectivity index (χ1) is 11.7. The van der Waals surface area contributed by atoms with Gasteiger partial charge < -0.3 is 15.0 Å². The van der Waals surface area contributed by atoms with Gasteiger partial charge in [0.2, 0.25) is 11.8 Å². The van der Waals surface area contributed by atoms with Crippen LogP contribution in [0.25, 0.3) is 0 Å². The summed E-state index contributed by atoms with van der Waals surface area (Å²) < 4.78 is 5.52. The van der Waals surface area contributed by atoms with Gasteiger partial charge in [-0.15, -0.1) is 23.5 Å². The Kier molecular flexibility index (Phi) is 6.45. The van der Waals surface area contributed by atoms with Crippen LogP contribution in [-0.4, -0.2) is 58.5 Å². The third-order valence-electron chi connectivity index (χ3n) is 4.06. The van der Waals surface area contributed by atoms with E-state index in [4.69, 9.17) is 4.74 Å². The van der Waals surface area contributed by atoms with Crippen molar-refractivity contribution in [1.29, 1.82) is 0 Å². The van der Waals surface area contributed by atoms with E-state index in [0.717, 1.165) is 23.5 Å². The fourth-order valence-electron chi connectivity index (χ4n) is 2.81. The number of carbonyl (C=O) groups excluding carboxylic acids is 2. The molecule has 0 bridgehead atoms. The highest BCUT2D eigenvalue weighted by Crippen LogP contribution is 2.32. The predicted molar refractivity (Wildman–Crippen MR) is 97.9 cm³/mol. The number of nitrogens with one attached hydrogen (secondary N) is 1. The van der Waals surface area contributed by atoms with Crippen molar-refractivity contribution >= 4 is 35.3 Å². The molecule has 0 aromatic heterocycles. The number of benzene rings is 1. The fourth-order valence-corrected chi connectivity index (χ4v) is 5.40. The number of rotatable bonds is 6. The molecule has 2 heterocycles. The normalized spacial score (nSPS) is 21.2. The smallest absolute Gasteiger partial charge is 0.248 e. The zero-order chi connectivity index (χ0) is 16.8. The van der Waals surface area contributed by atoms with Crippen LogP contribution in [0.15, 0.2) is 30.3 Å². The average molecular weight is 367 g/mol. The first-order valence-corrected chi connectivity index (χ1v) is 10.2. The Morgan fingerprint density at radius 3 is 2.71 bits per heavy atom. The third kappa shape index (κ3) is 4.91. The van der Waals surface area contributed by atoms with Crippen molar-refractivity contribution in [3.05, 3.63) is 35.9 Å². The molecule has 0 saturated carbocycles. The van der Waals surface area contributed by atoms with Gasteiger partial charge in [0.15, 0.2) is 0 Å². The molecule has 0 spiro atoms. The van der Waals surface area contributed by atoms with Gasteiger partial charge in [-0.2, -0.15) is 0 Å². The second-order valence-corrected chi connectivity index (χ2v) is 8.61. The molecule has 2 aliphatic heterocycles. The molecule has 2 aliphatic rings. The van der Waals surface area contributed by atoms with E-state index in [9.17, 15) is 9.59 Å². The van der Waals surface area contributed by atoms with Gasteiger partial charge in [-0.3, -0.25) is 9.59 Å². The standard InChI is InChI=1S/C17H22N2O3S2/c20-15(12-22-11-13-4-2-1-3-5-13)19-7-6-14(10-19)18-16(21)17-23-8-9-24-17/h1-5,14,17H,6-12H2,(H,18,21)/t14-/m0/s1. The molecule has 130 valence electrons. The van der Waals surface area contributed by atoms with Crippen LogP contribution in [-0.2, 0) is 20.9 Å². The molecular weight excluding hydrogens is 344 g/mol. The minimum atomic E-state index is -0.00713. The van der Waals surface area contributed by atoms with Crippen molar-refractivity contribution < 1.29 is 14.3 Å². The van der Waals surface area contributed by atoms with Crippen LogP contribution in [0.2, 0.25) is 0 Å². The van der Waals surface area contributed by atoms with E-state index in [-0.39, 0.29) is 29.0 Å². The first-order valence-electron chi connectivity index (χ1n) is 8.15. The minimum absolute atomic E-state index is 0.00713. The monoisotopic (exact) mass is 366 g/mol. The summed E-state index contributed by atoms with van der Waals surface area (Å²) in [7, 11) is 0. The summed E-state index contributed by atoms with van der Waals surface area (Å²) in [6.07, 6.45) is 0.818. The van der Waals surface area contributed by atoms with E-state index in [0.29, 0.717) is 19.7 Å². The van der Waals surface area contributed by atoms with Crippen molar-refractivity contribution in [2.24, 2.45) is 0 Å². The molecule has 3 rings (SSSR count). The van der Waals surface area contributed by atoms with Gasteiger partial charge in [0.25, 0.3) is 0 Å². The summed E-state index contributed by atoms with van der Waals surface area (Å²) in [5.41, 5.74) is 1.06. The van der Waals surface area contributed by atoms with Gasteiger partial charge in [-0.05, 0) is 12.0 Å². The highest BCUT2D eigenvalue weighted by molar-refractivity contribution is 8.21. The number of thioether (sulfide) groups is 2. The van der Waals surface area contributed by atoms with Crippen LogP contribution in [0, 0.1) is 0 Å². The molecule has 2 saturated heterocycles. The molecule has 1 atom stereocenters. The molecule has 2 fully saturated rings. The fraction of sp³-hybridized carbons (Fsp3) is 0.529. The number of hydrogen-bond acceptors (Lipinski definition) is 5. The predicted octanol–water partition coefficient (Wildman–Crippen LogP) is 1.73. The summed E-state index contributed by atoms with van der Waals surface area (Å²) in [6.45, 7) is 1.80. The maximum Gasteiger partial charge on any atom is 0.248 e. The Morgan fingerprint density at radius 2 is 1.96 bits per heavy atom. The van der Waals surface area contributed by atoms with E-state index < -0.39 is 0 Å². The molecule has 7 heteroatoms. The van der Waals surface area contributed by atoms with Crippen LogP contribution in [0.1, 0.15) is 12.0 Å². The second kappa shape index (κ2) is 8.78. The molecule has 5 nitrogen and oxygen atoms in total. The lowest BCUT2D eigenvalue weighted by molar-refractivity contribution is -0.135. The molecular formula is C17H22N2O3S2. The first kappa shape index (κ1) is 17.6. The molecule has 0 radical (unpaired) electrons.